The van der Waals surface area contributed by atoms with Crippen molar-refractivity contribution in [1.29, 1.82) is 0 Å². The summed E-state index contributed by atoms with van der Waals surface area (Å²) in [7, 11) is -2.27. The first-order valence-electron chi connectivity index (χ1n) is 6.44. The molecule has 0 aromatic rings. The predicted octanol–water partition coefficient (Wildman–Crippen LogP) is 2.44. The Morgan fingerprint density at radius 1 is 1.33 bits per heavy atom. The average Bonchev–Trinajstić information content (AvgIpc) is 2.27. The minimum atomic E-state index is -1.50. The molecule has 0 heterocycles. The largest absolute Gasteiger partial charge is 0.496 e. The Kier molecular flexibility index (Phi) is 7.50. The molecule has 0 rings (SSSR count). The fourth-order valence-electron chi connectivity index (χ4n) is 1.34. The second kappa shape index (κ2) is 7.75. The molecule has 0 radical (unpaired) electrons. The maximum atomic E-state index is 10.9. The van der Waals surface area contributed by atoms with Crippen LogP contribution in [0.1, 0.15) is 33.6 Å². The molecule has 4 nitrogen and oxygen atoms in total. The third kappa shape index (κ3) is 6.98. The summed E-state index contributed by atoms with van der Waals surface area (Å²) in [6, 6.07) is 0. The number of carbonyl (C=O) groups is 1. The van der Waals surface area contributed by atoms with Crippen molar-refractivity contribution >= 4 is 24.0 Å². The molecule has 6 heteroatoms. The van der Waals surface area contributed by atoms with Crippen LogP contribution in [0.5, 0.6) is 0 Å². The van der Waals surface area contributed by atoms with E-state index >= 15 is 0 Å². The molecule has 0 aliphatic heterocycles. The van der Waals surface area contributed by atoms with E-state index in [9.17, 15) is 4.79 Å². The van der Waals surface area contributed by atoms with Gasteiger partial charge in [0.1, 0.15) is 11.5 Å². The Bertz CT molecular complexity index is 308. The van der Waals surface area contributed by atoms with Crippen molar-refractivity contribution in [2.75, 3.05) is 0 Å². The second-order valence-corrected chi connectivity index (χ2v) is 11.9. The van der Waals surface area contributed by atoms with Gasteiger partial charge in [-0.3, -0.25) is 0 Å². The average molecular weight is 291 g/mol. The zero-order chi connectivity index (χ0) is 14.3. The highest BCUT2D eigenvalue weighted by Gasteiger charge is 2.20. The Morgan fingerprint density at radius 2 is 1.89 bits per heavy atom. The van der Waals surface area contributed by atoms with Crippen LogP contribution in [0.3, 0.4) is 0 Å². The monoisotopic (exact) mass is 290 g/mol. The van der Waals surface area contributed by atoms with Crippen molar-refractivity contribution in [2.45, 2.75) is 59.0 Å². The van der Waals surface area contributed by atoms with Gasteiger partial charge < -0.3 is 14.0 Å². The SMILES string of the molecule is CC/C(OC(CC)[SiH2]O[Si](C)(C)C)=C(/C)C(=O)O. The molecule has 1 N–H and O–H groups in total. The van der Waals surface area contributed by atoms with E-state index in [1.165, 1.54) is 0 Å². The summed E-state index contributed by atoms with van der Waals surface area (Å²) in [6.07, 6.45) is 1.48. The summed E-state index contributed by atoms with van der Waals surface area (Å²) in [6.45, 7) is 12.0. The molecule has 0 saturated heterocycles. The molecule has 0 fully saturated rings. The lowest BCUT2D eigenvalue weighted by Gasteiger charge is -2.24. The second-order valence-electron chi connectivity index (χ2n) is 5.28. The molecule has 0 aliphatic rings. The van der Waals surface area contributed by atoms with Gasteiger partial charge in [0, 0.05) is 6.42 Å². The topological polar surface area (TPSA) is 55.8 Å². The third-order valence-corrected chi connectivity index (χ3v) is 7.77. The maximum Gasteiger partial charge on any atom is 0.334 e. The third-order valence-electron chi connectivity index (χ3n) is 2.53. The molecule has 1 atom stereocenters. The van der Waals surface area contributed by atoms with Gasteiger partial charge in [-0.05, 0) is 33.0 Å². The van der Waals surface area contributed by atoms with Crippen molar-refractivity contribution < 1.29 is 18.8 Å². The van der Waals surface area contributed by atoms with Crippen molar-refractivity contribution in [3.05, 3.63) is 11.3 Å². The summed E-state index contributed by atoms with van der Waals surface area (Å²) in [5.74, 6) is -0.324. The van der Waals surface area contributed by atoms with Gasteiger partial charge in [0.05, 0.1) is 5.57 Å². The highest BCUT2D eigenvalue weighted by atomic mass is 28.4. The number of hydrogen-bond acceptors (Lipinski definition) is 3. The van der Waals surface area contributed by atoms with Crippen molar-refractivity contribution in [1.82, 2.24) is 0 Å². The van der Waals surface area contributed by atoms with Crippen molar-refractivity contribution in [3.63, 3.8) is 0 Å². The van der Waals surface area contributed by atoms with Crippen LogP contribution in [0.4, 0.5) is 0 Å². The van der Waals surface area contributed by atoms with Crippen LogP contribution in [0.25, 0.3) is 0 Å². The van der Waals surface area contributed by atoms with Crippen molar-refractivity contribution in [2.24, 2.45) is 0 Å². The summed E-state index contributed by atoms with van der Waals surface area (Å²) in [5.41, 5.74) is 0.374. The van der Waals surface area contributed by atoms with Gasteiger partial charge in [-0.15, -0.1) is 0 Å². The van der Waals surface area contributed by atoms with Gasteiger partial charge in [0.2, 0.25) is 0 Å². The Labute approximate surface area is 113 Å². The van der Waals surface area contributed by atoms with E-state index in [1.54, 1.807) is 6.92 Å². The zero-order valence-corrected chi connectivity index (χ0v) is 14.8. The standard InChI is InChI=1S/C12H26O4Si2/c1-7-10(9(3)12(13)14)15-11(8-2)17-16-18(4,5)6/h11H,7-8,17H2,1-6H3,(H,13,14)/b10-9+. The normalized spacial score (nSPS) is 15.7. The van der Waals surface area contributed by atoms with Crippen LogP contribution < -0.4 is 0 Å². The molecule has 0 aliphatic carbocycles. The van der Waals surface area contributed by atoms with E-state index in [-0.39, 0.29) is 5.73 Å². The molecule has 0 aromatic heterocycles. The number of rotatable bonds is 8. The van der Waals surface area contributed by atoms with Crippen LogP contribution in [-0.2, 0) is 13.6 Å². The minimum Gasteiger partial charge on any atom is -0.496 e. The van der Waals surface area contributed by atoms with E-state index < -0.39 is 24.0 Å². The van der Waals surface area contributed by atoms with E-state index in [4.69, 9.17) is 14.0 Å². The molecule has 18 heavy (non-hydrogen) atoms. The molecule has 0 saturated carbocycles. The fraction of sp³-hybridized carbons (Fsp3) is 0.750. The van der Waals surface area contributed by atoms with Gasteiger partial charge >= 0.3 is 5.97 Å². The highest BCUT2D eigenvalue weighted by molar-refractivity contribution is 6.74. The lowest BCUT2D eigenvalue weighted by Crippen LogP contribution is -2.34. The quantitative estimate of drug-likeness (QED) is 0.424. The van der Waals surface area contributed by atoms with Crippen LogP contribution in [0.15, 0.2) is 11.3 Å². The number of ether oxygens (including phenoxy) is 1. The van der Waals surface area contributed by atoms with Crippen LogP contribution in [0, 0.1) is 0 Å². The Morgan fingerprint density at radius 3 is 2.22 bits per heavy atom. The molecule has 1 unspecified atom stereocenters. The summed E-state index contributed by atoms with van der Waals surface area (Å²) >= 11 is 0. The van der Waals surface area contributed by atoms with E-state index in [1.807, 2.05) is 6.92 Å². The Hall–Kier alpha value is -0.596. The molecule has 0 bridgehead atoms. The van der Waals surface area contributed by atoms with Crippen LogP contribution >= 0.6 is 0 Å². The zero-order valence-electron chi connectivity index (χ0n) is 12.4. The number of hydrogen-bond donors (Lipinski definition) is 1. The minimum absolute atomic E-state index is 0.0703. The molecular formula is C12H26O4Si2. The van der Waals surface area contributed by atoms with E-state index in [2.05, 4.69) is 26.6 Å². The summed E-state index contributed by atoms with van der Waals surface area (Å²) in [5, 5.41) is 8.98. The number of allylic oxidation sites excluding steroid dienone is 1. The van der Waals surface area contributed by atoms with E-state index in [0.29, 0.717) is 17.8 Å². The molecule has 0 spiro atoms. The molecule has 106 valence electrons. The van der Waals surface area contributed by atoms with Gasteiger partial charge in [-0.1, -0.05) is 13.8 Å². The first-order chi connectivity index (χ1) is 8.21. The highest BCUT2D eigenvalue weighted by Crippen LogP contribution is 2.15. The van der Waals surface area contributed by atoms with Gasteiger partial charge in [-0.2, -0.15) is 0 Å². The first-order valence-corrected chi connectivity index (χ1v) is 11.2. The molecule has 0 amide bonds. The van der Waals surface area contributed by atoms with Gasteiger partial charge in [0.25, 0.3) is 0 Å². The fourth-order valence-corrected chi connectivity index (χ4v) is 4.58. The first kappa shape index (κ1) is 17.4. The van der Waals surface area contributed by atoms with E-state index in [0.717, 1.165) is 6.42 Å². The van der Waals surface area contributed by atoms with Crippen LogP contribution in [0.2, 0.25) is 19.6 Å². The predicted molar refractivity (Wildman–Crippen MR) is 78.8 cm³/mol. The molecular weight excluding hydrogens is 264 g/mol. The van der Waals surface area contributed by atoms with Gasteiger partial charge in [-0.25, -0.2) is 4.79 Å². The number of aliphatic carboxylic acids is 1. The number of carboxylic acid groups (broad SMARTS) is 1. The number of carboxylic acids is 1. The molecule has 0 aromatic carbocycles. The lowest BCUT2D eigenvalue weighted by atomic mass is 10.2. The summed E-state index contributed by atoms with van der Waals surface area (Å²) in [4.78, 5) is 10.9. The Balaban J connectivity index is 4.60. The summed E-state index contributed by atoms with van der Waals surface area (Å²) < 4.78 is 11.8. The maximum absolute atomic E-state index is 10.9. The lowest BCUT2D eigenvalue weighted by molar-refractivity contribution is -0.132. The van der Waals surface area contributed by atoms with Gasteiger partial charge in [0.15, 0.2) is 18.1 Å². The smallest absolute Gasteiger partial charge is 0.334 e. The van der Waals surface area contributed by atoms with Crippen LogP contribution in [-0.4, -0.2) is 34.9 Å². The van der Waals surface area contributed by atoms with Crippen molar-refractivity contribution in [3.8, 4) is 0 Å².